The lowest BCUT2D eigenvalue weighted by Gasteiger charge is -1.98. The third-order valence-electron chi connectivity index (χ3n) is 1.59. The summed E-state index contributed by atoms with van der Waals surface area (Å²) >= 11 is 0. The monoisotopic (exact) mass is 224 g/mol. The van der Waals surface area contributed by atoms with Crippen molar-refractivity contribution in [3.8, 4) is 0 Å². The third kappa shape index (κ3) is 3.06. The molecule has 0 radical (unpaired) electrons. The molecule has 0 unspecified atom stereocenters. The molecule has 0 saturated carbocycles. The summed E-state index contributed by atoms with van der Waals surface area (Å²) in [5.74, 6) is 0. The Balaban J connectivity index is 0.000000980. The van der Waals surface area contributed by atoms with Gasteiger partial charge >= 0.3 is 0 Å². The number of rotatable bonds is 2. The summed E-state index contributed by atoms with van der Waals surface area (Å²) < 4.78 is 0. The topological polar surface area (TPSA) is 25.8 Å². The Hall–Kier alpha value is -0.980. The van der Waals surface area contributed by atoms with Crippen molar-refractivity contribution >= 4 is 31.9 Å². The van der Waals surface area contributed by atoms with Crippen LogP contribution in [0.2, 0.25) is 0 Å². The number of halogens is 1. The Morgan fingerprint density at radius 3 is 1.64 bits per heavy atom. The van der Waals surface area contributed by atoms with E-state index in [1.54, 1.807) is 0 Å². The average molecular weight is 225 g/mol. The Kier molecular flexibility index (Phi) is 4.51. The second-order valence-electron chi connectivity index (χ2n) is 2.55. The fourth-order valence-electron chi connectivity index (χ4n) is 1.00. The predicted molar refractivity (Wildman–Crippen MR) is 63.3 cm³/mol. The zero-order chi connectivity index (χ0) is 8.93. The first-order valence-corrected chi connectivity index (χ1v) is 5.04. The highest BCUT2D eigenvalue weighted by molar-refractivity contribution is 7.54. The molecule has 2 heterocycles. The van der Waals surface area contributed by atoms with Gasteiger partial charge < -0.3 is 0 Å². The molecule has 2 rings (SSSR count). The summed E-state index contributed by atoms with van der Waals surface area (Å²) in [6, 6.07) is 11.9. The van der Waals surface area contributed by atoms with E-state index in [9.17, 15) is 0 Å². The lowest BCUT2D eigenvalue weighted by atomic mass is 10.5. The molecule has 14 heavy (non-hydrogen) atoms. The molecule has 0 saturated heterocycles. The van der Waals surface area contributed by atoms with Crippen LogP contribution in [0.1, 0.15) is 0 Å². The van der Waals surface area contributed by atoms with Gasteiger partial charge in [-0.15, -0.1) is 12.4 Å². The smallest absolute Gasteiger partial charge is 0.0661 e. The normalized spacial score (nSPS) is 9.14. The molecule has 0 bridgehead atoms. The first kappa shape index (κ1) is 11.1. The first-order chi connectivity index (χ1) is 6.45. The Morgan fingerprint density at radius 1 is 0.786 bits per heavy atom. The van der Waals surface area contributed by atoms with E-state index in [0.717, 1.165) is 10.9 Å². The van der Waals surface area contributed by atoms with E-state index in [4.69, 9.17) is 0 Å². The highest BCUT2D eigenvalue weighted by Crippen LogP contribution is 2.04. The molecule has 0 spiro atoms. The van der Waals surface area contributed by atoms with Gasteiger partial charge in [0, 0.05) is 12.4 Å². The molecule has 0 atom stereocenters. The molecule has 0 aliphatic rings. The minimum Gasteiger partial charge on any atom is -0.256 e. The van der Waals surface area contributed by atoms with Gasteiger partial charge in [-0.05, 0) is 32.8 Å². The molecule has 0 fully saturated rings. The van der Waals surface area contributed by atoms with E-state index in [2.05, 4.69) is 9.97 Å². The molecule has 0 aromatic carbocycles. The summed E-state index contributed by atoms with van der Waals surface area (Å²) in [6.07, 6.45) is 3.62. The van der Waals surface area contributed by atoms with Crippen LogP contribution in [0.4, 0.5) is 0 Å². The molecule has 0 amide bonds. The fourth-order valence-corrected chi connectivity index (χ4v) is 1.90. The standard InChI is InChI=1S/C10H9N2P.ClH/c1-3-7-11-9(5-1)13-10-6-2-4-8-12-10;/h1-8,13H;1H. The molecular formula is C10H10ClN2P. The van der Waals surface area contributed by atoms with Crippen LogP contribution in [0.15, 0.2) is 48.8 Å². The number of nitrogens with zero attached hydrogens (tertiary/aromatic N) is 2. The van der Waals surface area contributed by atoms with E-state index < -0.39 is 0 Å². The molecule has 2 nitrogen and oxygen atoms in total. The van der Waals surface area contributed by atoms with Crippen LogP contribution in [0, 0.1) is 0 Å². The van der Waals surface area contributed by atoms with Crippen LogP contribution in [0.25, 0.3) is 0 Å². The summed E-state index contributed by atoms with van der Waals surface area (Å²) in [6.45, 7) is 0. The predicted octanol–water partition coefficient (Wildman–Crippen LogP) is 1.53. The minimum absolute atomic E-state index is 0. The summed E-state index contributed by atoms with van der Waals surface area (Å²) in [7, 11) is 0.555. The summed E-state index contributed by atoms with van der Waals surface area (Å²) in [5.41, 5.74) is 2.17. The van der Waals surface area contributed by atoms with Gasteiger partial charge in [0.1, 0.15) is 0 Å². The highest BCUT2D eigenvalue weighted by Gasteiger charge is 1.95. The van der Waals surface area contributed by atoms with Gasteiger partial charge in [-0.25, -0.2) is 0 Å². The van der Waals surface area contributed by atoms with Crippen molar-refractivity contribution in [3.63, 3.8) is 0 Å². The van der Waals surface area contributed by atoms with Crippen molar-refractivity contribution < 1.29 is 0 Å². The summed E-state index contributed by atoms with van der Waals surface area (Å²) in [4.78, 5) is 8.49. The second-order valence-corrected chi connectivity index (χ2v) is 3.83. The van der Waals surface area contributed by atoms with Gasteiger partial charge in [0.05, 0.1) is 10.9 Å². The van der Waals surface area contributed by atoms with E-state index in [-0.39, 0.29) is 12.4 Å². The number of aromatic nitrogens is 2. The van der Waals surface area contributed by atoms with Gasteiger partial charge in [0.25, 0.3) is 0 Å². The Morgan fingerprint density at radius 2 is 1.29 bits per heavy atom. The highest BCUT2D eigenvalue weighted by atomic mass is 35.5. The van der Waals surface area contributed by atoms with Crippen molar-refractivity contribution in [1.82, 2.24) is 9.97 Å². The molecule has 0 N–H and O–H groups in total. The number of pyridine rings is 2. The molecule has 72 valence electrons. The second kappa shape index (κ2) is 5.69. The van der Waals surface area contributed by atoms with Crippen molar-refractivity contribution in [3.05, 3.63) is 48.8 Å². The number of hydrogen-bond acceptors (Lipinski definition) is 2. The SMILES string of the molecule is Cl.c1ccc(Pc2ccccn2)nc1. The quantitative estimate of drug-likeness (QED) is 0.723. The first-order valence-electron chi connectivity index (χ1n) is 4.04. The van der Waals surface area contributed by atoms with Crippen molar-refractivity contribution in [2.75, 3.05) is 0 Å². The van der Waals surface area contributed by atoms with Gasteiger partial charge in [0.2, 0.25) is 0 Å². The van der Waals surface area contributed by atoms with Crippen LogP contribution in [0.5, 0.6) is 0 Å². The maximum Gasteiger partial charge on any atom is 0.0661 e. The maximum atomic E-state index is 4.25. The lowest BCUT2D eigenvalue weighted by Crippen LogP contribution is -2.08. The van der Waals surface area contributed by atoms with E-state index >= 15 is 0 Å². The Labute approximate surface area is 91.0 Å². The fraction of sp³-hybridized carbons (Fsp3) is 0. The van der Waals surface area contributed by atoms with Gasteiger partial charge in [-0.2, -0.15) is 0 Å². The van der Waals surface area contributed by atoms with Gasteiger partial charge in [-0.1, -0.05) is 12.1 Å². The largest absolute Gasteiger partial charge is 0.256 e. The van der Waals surface area contributed by atoms with Gasteiger partial charge in [-0.3, -0.25) is 9.97 Å². The third-order valence-corrected chi connectivity index (χ3v) is 2.69. The molecule has 4 heteroatoms. The van der Waals surface area contributed by atoms with Crippen LogP contribution in [-0.2, 0) is 0 Å². The Bertz CT molecular complexity index is 329. The lowest BCUT2D eigenvalue weighted by molar-refractivity contribution is 1.38. The van der Waals surface area contributed by atoms with E-state index in [1.165, 1.54) is 0 Å². The molecule has 0 aliphatic heterocycles. The van der Waals surface area contributed by atoms with Crippen LogP contribution >= 0.6 is 21.0 Å². The average Bonchev–Trinajstić information content (AvgIpc) is 2.21. The van der Waals surface area contributed by atoms with Crippen molar-refractivity contribution in [2.45, 2.75) is 0 Å². The summed E-state index contributed by atoms with van der Waals surface area (Å²) in [5, 5.41) is 0. The van der Waals surface area contributed by atoms with E-state index in [0.29, 0.717) is 8.58 Å². The maximum absolute atomic E-state index is 4.25. The van der Waals surface area contributed by atoms with Gasteiger partial charge in [0.15, 0.2) is 0 Å². The zero-order valence-corrected chi connectivity index (χ0v) is 9.24. The van der Waals surface area contributed by atoms with Crippen LogP contribution in [-0.4, -0.2) is 9.97 Å². The van der Waals surface area contributed by atoms with Crippen LogP contribution in [0.3, 0.4) is 0 Å². The molecular weight excluding hydrogens is 215 g/mol. The molecule has 2 aromatic heterocycles. The minimum atomic E-state index is 0. The van der Waals surface area contributed by atoms with Crippen molar-refractivity contribution in [1.29, 1.82) is 0 Å². The molecule has 2 aromatic rings. The van der Waals surface area contributed by atoms with E-state index in [1.807, 2.05) is 48.8 Å². The molecule has 0 aliphatic carbocycles. The zero-order valence-electron chi connectivity index (χ0n) is 7.42. The van der Waals surface area contributed by atoms with Crippen LogP contribution < -0.4 is 10.9 Å². The van der Waals surface area contributed by atoms with Crippen molar-refractivity contribution in [2.24, 2.45) is 0 Å². The number of hydrogen-bond donors (Lipinski definition) is 0.